The molecule has 0 saturated carbocycles. The summed E-state index contributed by atoms with van der Waals surface area (Å²) in [5, 5.41) is 2.86. The molecule has 1 N–H and O–H groups in total. The van der Waals surface area contributed by atoms with Crippen LogP contribution in [-0.4, -0.2) is 41.8 Å². The first-order valence-electron chi connectivity index (χ1n) is 9.55. The Morgan fingerprint density at radius 1 is 1.00 bits per heavy atom. The number of carbonyl (C=O) groups excluding carboxylic acids is 2. The molecular weight excluding hydrogens is 372 g/mol. The molecule has 0 aliphatic heterocycles. The average Bonchev–Trinajstić information content (AvgIpc) is 2.73. The molecular formula is C22H28N2O3S. The lowest BCUT2D eigenvalue weighted by Gasteiger charge is -2.23. The van der Waals surface area contributed by atoms with Gasteiger partial charge in [0.2, 0.25) is 5.91 Å². The fraction of sp³-hybridized carbons (Fsp3) is 0.364. The SMILES string of the molecule is CCN(CC)C(=O)C[C@H](CSc1ccccc1)NC(=O)OCc1ccccc1. The Hall–Kier alpha value is -2.47. The third kappa shape index (κ3) is 7.64. The number of rotatable bonds is 10. The van der Waals surface area contributed by atoms with Crippen LogP contribution in [0.5, 0.6) is 0 Å². The molecule has 2 amide bonds. The highest BCUT2D eigenvalue weighted by atomic mass is 32.2. The van der Waals surface area contributed by atoms with Crippen LogP contribution in [0, 0.1) is 0 Å². The summed E-state index contributed by atoms with van der Waals surface area (Å²) in [4.78, 5) is 27.6. The second kappa shape index (κ2) is 12.1. The van der Waals surface area contributed by atoms with Crippen LogP contribution in [0.1, 0.15) is 25.8 Å². The van der Waals surface area contributed by atoms with Gasteiger partial charge in [-0.3, -0.25) is 4.79 Å². The fourth-order valence-electron chi connectivity index (χ4n) is 2.71. The van der Waals surface area contributed by atoms with E-state index < -0.39 is 6.09 Å². The zero-order valence-electron chi connectivity index (χ0n) is 16.5. The molecule has 0 aromatic heterocycles. The number of nitrogens with zero attached hydrogens (tertiary/aromatic N) is 1. The predicted molar refractivity (Wildman–Crippen MR) is 113 cm³/mol. The van der Waals surface area contributed by atoms with Crippen molar-refractivity contribution >= 4 is 23.8 Å². The van der Waals surface area contributed by atoms with Gasteiger partial charge in [-0.05, 0) is 31.5 Å². The lowest BCUT2D eigenvalue weighted by atomic mass is 10.2. The van der Waals surface area contributed by atoms with Crippen LogP contribution >= 0.6 is 11.8 Å². The Morgan fingerprint density at radius 3 is 2.21 bits per heavy atom. The Bertz CT molecular complexity index is 721. The van der Waals surface area contributed by atoms with Crippen molar-refractivity contribution < 1.29 is 14.3 Å². The maximum atomic E-state index is 12.5. The lowest BCUT2D eigenvalue weighted by molar-refractivity contribution is -0.131. The van der Waals surface area contributed by atoms with E-state index in [-0.39, 0.29) is 25.0 Å². The zero-order chi connectivity index (χ0) is 20.2. The van der Waals surface area contributed by atoms with E-state index >= 15 is 0 Å². The molecule has 2 rings (SSSR count). The number of hydrogen-bond donors (Lipinski definition) is 1. The number of amides is 2. The Labute approximate surface area is 171 Å². The van der Waals surface area contributed by atoms with Gasteiger partial charge in [0, 0.05) is 30.2 Å². The van der Waals surface area contributed by atoms with Crippen LogP contribution in [0.25, 0.3) is 0 Å². The van der Waals surface area contributed by atoms with Gasteiger partial charge < -0.3 is 15.0 Å². The minimum Gasteiger partial charge on any atom is -0.445 e. The Morgan fingerprint density at radius 2 is 1.61 bits per heavy atom. The van der Waals surface area contributed by atoms with E-state index in [0.717, 1.165) is 10.5 Å². The van der Waals surface area contributed by atoms with E-state index in [9.17, 15) is 9.59 Å². The maximum absolute atomic E-state index is 12.5. The zero-order valence-corrected chi connectivity index (χ0v) is 17.3. The normalized spacial score (nSPS) is 11.5. The minimum absolute atomic E-state index is 0.0343. The van der Waals surface area contributed by atoms with Crippen molar-refractivity contribution in [1.29, 1.82) is 0 Å². The molecule has 6 heteroatoms. The number of hydrogen-bond acceptors (Lipinski definition) is 4. The van der Waals surface area contributed by atoms with E-state index in [0.29, 0.717) is 18.8 Å². The van der Waals surface area contributed by atoms with Crippen molar-refractivity contribution in [1.82, 2.24) is 10.2 Å². The first kappa shape index (κ1) is 21.8. The van der Waals surface area contributed by atoms with Crippen molar-refractivity contribution in [2.75, 3.05) is 18.8 Å². The third-order valence-electron chi connectivity index (χ3n) is 4.27. The second-order valence-electron chi connectivity index (χ2n) is 6.30. The second-order valence-corrected chi connectivity index (χ2v) is 7.39. The average molecular weight is 401 g/mol. The molecule has 2 aromatic carbocycles. The molecule has 28 heavy (non-hydrogen) atoms. The van der Waals surface area contributed by atoms with Gasteiger partial charge in [0.15, 0.2) is 0 Å². The van der Waals surface area contributed by atoms with Crippen molar-refractivity contribution in [2.24, 2.45) is 0 Å². The number of ether oxygens (including phenoxy) is 1. The first-order chi connectivity index (χ1) is 13.6. The number of alkyl carbamates (subject to hydrolysis) is 1. The monoisotopic (exact) mass is 400 g/mol. The topological polar surface area (TPSA) is 58.6 Å². The molecule has 0 fully saturated rings. The quantitative estimate of drug-likeness (QED) is 0.603. The van der Waals surface area contributed by atoms with Gasteiger partial charge >= 0.3 is 6.09 Å². The molecule has 150 valence electrons. The van der Waals surface area contributed by atoms with Gasteiger partial charge in [-0.25, -0.2) is 4.79 Å². The van der Waals surface area contributed by atoms with Crippen molar-refractivity contribution in [3.05, 3.63) is 66.2 Å². The Balaban J connectivity index is 1.93. The van der Waals surface area contributed by atoms with Crippen LogP contribution < -0.4 is 5.32 Å². The molecule has 0 bridgehead atoms. The van der Waals surface area contributed by atoms with E-state index in [4.69, 9.17) is 4.74 Å². The highest BCUT2D eigenvalue weighted by Crippen LogP contribution is 2.19. The predicted octanol–water partition coefficient (Wildman–Crippen LogP) is 4.33. The summed E-state index contributed by atoms with van der Waals surface area (Å²) in [5.41, 5.74) is 0.923. The van der Waals surface area contributed by atoms with E-state index in [1.165, 1.54) is 0 Å². The summed E-state index contributed by atoms with van der Waals surface area (Å²) >= 11 is 1.61. The van der Waals surface area contributed by atoms with Gasteiger partial charge in [-0.2, -0.15) is 0 Å². The molecule has 0 spiro atoms. The maximum Gasteiger partial charge on any atom is 0.407 e. The van der Waals surface area contributed by atoms with E-state index in [2.05, 4.69) is 5.32 Å². The van der Waals surface area contributed by atoms with Crippen LogP contribution in [0.15, 0.2) is 65.6 Å². The van der Waals surface area contributed by atoms with E-state index in [1.54, 1.807) is 16.7 Å². The third-order valence-corrected chi connectivity index (χ3v) is 5.44. The Kier molecular flexibility index (Phi) is 9.42. The molecule has 2 aromatic rings. The smallest absolute Gasteiger partial charge is 0.407 e. The van der Waals surface area contributed by atoms with Crippen LogP contribution in [-0.2, 0) is 16.1 Å². The summed E-state index contributed by atoms with van der Waals surface area (Å²) in [6.07, 6.45) is -0.253. The fourth-order valence-corrected chi connectivity index (χ4v) is 3.66. The van der Waals surface area contributed by atoms with Gasteiger partial charge in [0.05, 0.1) is 6.04 Å². The van der Waals surface area contributed by atoms with Crippen LogP contribution in [0.3, 0.4) is 0 Å². The van der Waals surface area contributed by atoms with Gasteiger partial charge in [0.1, 0.15) is 6.61 Å². The van der Waals surface area contributed by atoms with E-state index in [1.807, 2.05) is 74.5 Å². The summed E-state index contributed by atoms with van der Waals surface area (Å²) in [7, 11) is 0. The molecule has 0 radical (unpaired) electrons. The molecule has 0 heterocycles. The summed E-state index contributed by atoms with van der Waals surface area (Å²) in [6.45, 7) is 5.43. The summed E-state index contributed by atoms with van der Waals surface area (Å²) < 4.78 is 5.32. The number of nitrogens with one attached hydrogen (secondary N) is 1. The number of benzene rings is 2. The van der Waals surface area contributed by atoms with Gasteiger partial charge in [0.25, 0.3) is 0 Å². The number of thioether (sulfide) groups is 1. The highest BCUT2D eigenvalue weighted by molar-refractivity contribution is 7.99. The summed E-state index contributed by atoms with van der Waals surface area (Å²) in [6, 6.07) is 19.2. The van der Waals surface area contributed by atoms with Crippen LogP contribution in [0.4, 0.5) is 4.79 Å². The molecule has 0 aliphatic rings. The number of carbonyl (C=O) groups is 2. The standard InChI is InChI=1S/C22H28N2O3S/c1-3-24(4-2)21(25)15-19(17-28-20-13-9-6-10-14-20)23-22(26)27-16-18-11-7-5-8-12-18/h5-14,19H,3-4,15-17H2,1-2H3,(H,23,26)/t19-/m1/s1. The van der Waals surface area contributed by atoms with Crippen molar-refractivity contribution in [3.8, 4) is 0 Å². The minimum atomic E-state index is -0.505. The first-order valence-corrected chi connectivity index (χ1v) is 10.5. The van der Waals surface area contributed by atoms with Gasteiger partial charge in [-0.1, -0.05) is 48.5 Å². The highest BCUT2D eigenvalue weighted by Gasteiger charge is 2.20. The van der Waals surface area contributed by atoms with Crippen molar-refractivity contribution in [2.45, 2.75) is 37.8 Å². The van der Waals surface area contributed by atoms with Crippen molar-refractivity contribution in [3.63, 3.8) is 0 Å². The lowest BCUT2D eigenvalue weighted by Crippen LogP contribution is -2.42. The summed E-state index contributed by atoms with van der Waals surface area (Å²) in [5.74, 6) is 0.629. The molecule has 0 aliphatic carbocycles. The largest absolute Gasteiger partial charge is 0.445 e. The molecule has 5 nitrogen and oxygen atoms in total. The van der Waals surface area contributed by atoms with Crippen LogP contribution in [0.2, 0.25) is 0 Å². The van der Waals surface area contributed by atoms with Gasteiger partial charge in [-0.15, -0.1) is 11.8 Å². The molecule has 0 saturated heterocycles. The molecule has 0 unspecified atom stereocenters. The molecule has 1 atom stereocenters.